The van der Waals surface area contributed by atoms with Gasteiger partial charge in [0, 0.05) is 31.1 Å². The Kier molecular flexibility index (Phi) is 7.41. The number of piperazine rings is 1. The maximum absolute atomic E-state index is 13.4. The molecule has 1 saturated heterocycles. The standard InChI is InChI=1S/C25H33N3O2S/c1-19(20-8-3-2-4-9-20)26-25(30)24(21-10-5-6-11-21)28-15-13-27(14-16-28)23(29)18-22-12-7-17-31-22/h2-4,7-9,12,17,19,21,24H,5-6,10-11,13-16,18H2,1H3,(H,26,30). The molecule has 2 fully saturated rings. The monoisotopic (exact) mass is 439 g/mol. The third-order valence-corrected chi connectivity index (χ3v) is 7.62. The number of nitrogens with zero attached hydrogens (tertiary/aromatic N) is 2. The largest absolute Gasteiger partial charge is 0.348 e. The number of hydrogen-bond donors (Lipinski definition) is 1. The van der Waals surface area contributed by atoms with E-state index in [1.165, 1.54) is 12.8 Å². The van der Waals surface area contributed by atoms with Gasteiger partial charge in [-0.25, -0.2) is 0 Å². The molecule has 1 N–H and O–H groups in total. The fourth-order valence-corrected chi connectivity index (χ4v) is 5.69. The molecule has 2 heterocycles. The molecule has 31 heavy (non-hydrogen) atoms. The third-order valence-electron chi connectivity index (χ3n) is 6.74. The first-order chi connectivity index (χ1) is 15.1. The van der Waals surface area contributed by atoms with Gasteiger partial charge in [0.2, 0.25) is 11.8 Å². The first kappa shape index (κ1) is 22.0. The summed E-state index contributed by atoms with van der Waals surface area (Å²) in [6.07, 6.45) is 5.15. The van der Waals surface area contributed by atoms with Crippen molar-refractivity contribution in [1.29, 1.82) is 0 Å². The second-order valence-corrected chi connectivity index (χ2v) is 9.84. The van der Waals surface area contributed by atoms with E-state index in [2.05, 4.69) is 29.3 Å². The Morgan fingerprint density at radius 1 is 1.03 bits per heavy atom. The number of rotatable bonds is 7. The quantitative estimate of drug-likeness (QED) is 0.713. The van der Waals surface area contributed by atoms with E-state index < -0.39 is 0 Å². The van der Waals surface area contributed by atoms with Crippen molar-refractivity contribution in [2.45, 2.75) is 51.1 Å². The summed E-state index contributed by atoms with van der Waals surface area (Å²) in [6.45, 7) is 5.00. The number of nitrogens with one attached hydrogen (secondary N) is 1. The highest BCUT2D eigenvalue weighted by atomic mass is 32.1. The van der Waals surface area contributed by atoms with Crippen molar-refractivity contribution in [2.24, 2.45) is 5.92 Å². The van der Waals surface area contributed by atoms with E-state index in [4.69, 9.17) is 0 Å². The van der Waals surface area contributed by atoms with Gasteiger partial charge in [-0.1, -0.05) is 49.2 Å². The van der Waals surface area contributed by atoms with E-state index in [-0.39, 0.29) is 23.9 Å². The van der Waals surface area contributed by atoms with Gasteiger partial charge < -0.3 is 10.2 Å². The Balaban J connectivity index is 1.37. The van der Waals surface area contributed by atoms with Crippen molar-refractivity contribution in [1.82, 2.24) is 15.1 Å². The molecule has 2 unspecified atom stereocenters. The first-order valence-electron chi connectivity index (χ1n) is 11.5. The van der Waals surface area contributed by atoms with Crippen LogP contribution in [0.15, 0.2) is 47.8 Å². The van der Waals surface area contributed by atoms with Crippen LogP contribution < -0.4 is 5.32 Å². The van der Waals surface area contributed by atoms with Crippen LogP contribution in [0, 0.1) is 5.92 Å². The summed E-state index contributed by atoms with van der Waals surface area (Å²) in [5, 5.41) is 5.29. The number of thiophene rings is 1. The number of carbonyl (C=O) groups is 2. The number of hydrogen-bond acceptors (Lipinski definition) is 4. The van der Waals surface area contributed by atoms with Gasteiger partial charge in [0.15, 0.2) is 0 Å². The Morgan fingerprint density at radius 3 is 2.39 bits per heavy atom. The predicted octanol–water partition coefficient (Wildman–Crippen LogP) is 3.87. The second-order valence-electron chi connectivity index (χ2n) is 8.80. The SMILES string of the molecule is CC(NC(=O)C(C1CCCC1)N1CCN(C(=O)Cc2cccs2)CC1)c1ccccc1. The van der Waals surface area contributed by atoms with E-state index in [0.717, 1.165) is 36.4 Å². The van der Waals surface area contributed by atoms with Crippen molar-refractivity contribution in [3.63, 3.8) is 0 Å². The number of carbonyl (C=O) groups excluding carboxylic acids is 2. The lowest BCUT2D eigenvalue weighted by atomic mass is 9.94. The van der Waals surface area contributed by atoms with Crippen molar-refractivity contribution < 1.29 is 9.59 Å². The first-order valence-corrected chi connectivity index (χ1v) is 12.4. The molecule has 2 atom stereocenters. The van der Waals surface area contributed by atoms with Gasteiger partial charge in [0.25, 0.3) is 0 Å². The Labute approximate surface area is 189 Å². The predicted molar refractivity (Wildman–Crippen MR) is 125 cm³/mol. The van der Waals surface area contributed by atoms with Crippen LogP contribution in [-0.2, 0) is 16.0 Å². The van der Waals surface area contributed by atoms with Gasteiger partial charge in [-0.15, -0.1) is 11.3 Å². The molecule has 4 rings (SSSR count). The maximum Gasteiger partial charge on any atom is 0.238 e. The smallest absolute Gasteiger partial charge is 0.238 e. The van der Waals surface area contributed by atoms with Crippen LogP contribution in [0.5, 0.6) is 0 Å². The van der Waals surface area contributed by atoms with E-state index >= 15 is 0 Å². The van der Waals surface area contributed by atoms with E-state index in [9.17, 15) is 9.59 Å². The molecular formula is C25H33N3O2S. The van der Waals surface area contributed by atoms with Crippen LogP contribution in [0.1, 0.15) is 49.1 Å². The van der Waals surface area contributed by atoms with E-state index in [1.807, 2.05) is 40.6 Å². The Hall–Kier alpha value is -2.18. The molecule has 2 aromatic rings. The summed E-state index contributed by atoms with van der Waals surface area (Å²) in [5.74, 6) is 0.750. The van der Waals surface area contributed by atoms with Gasteiger partial charge in [0.1, 0.15) is 0 Å². The fraction of sp³-hybridized carbons (Fsp3) is 0.520. The minimum absolute atomic E-state index is 0.00809. The van der Waals surface area contributed by atoms with Crippen LogP contribution in [0.4, 0.5) is 0 Å². The van der Waals surface area contributed by atoms with Crippen LogP contribution in [0.25, 0.3) is 0 Å². The summed E-state index contributed by atoms with van der Waals surface area (Å²) in [4.78, 5) is 31.5. The van der Waals surface area contributed by atoms with Gasteiger partial charge >= 0.3 is 0 Å². The molecule has 5 nitrogen and oxygen atoms in total. The Bertz CT molecular complexity index is 841. The molecule has 1 aromatic carbocycles. The van der Waals surface area contributed by atoms with Gasteiger partial charge in [-0.05, 0) is 42.7 Å². The molecular weight excluding hydrogens is 406 g/mol. The van der Waals surface area contributed by atoms with Crippen LogP contribution in [0.3, 0.4) is 0 Å². The lowest BCUT2D eigenvalue weighted by Gasteiger charge is -2.41. The van der Waals surface area contributed by atoms with Crippen molar-refractivity contribution in [3.8, 4) is 0 Å². The van der Waals surface area contributed by atoms with Gasteiger partial charge in [0.05, 0.1) is 18.5 Å². The Morgan fingerprint density at radius 2 is 1.74 bits per heavy atom. The zero-order chi connectivity index (χ0) is 21.6. The van der Waals surface area contributed by atoms with E-state index in [0.29, 0.717) is 25.4 Å². The molecule has 2 amide bonds. The lowest BCUT2D eigenvalue weighted by Crippen LogP contribution is -2.58. The molecule has 0 bridgehead atoms. The highest BCUT2D eigenvalue weighted by Gasteiger charge is 2.37. The number of benzene rings is 1. The van der Waals surface area contributed by atoms with Crippen molar-refractivity contribution in [3.05, 3.63) is 58.3 Å². The molecule has 166 valence electrons. The molecule has 1 saturated carbocycles. The minimum Gasteiger partial charge on any atom is -0.348 e. The summed E-state index contributed by atoms with van der Waals surface area (Å²) in [7, 11) is 0. The molecule has 6 heteroatoms. The number of amides is 2. The van der Waals surface area contributed by atoms with Crippen LogP contribution >= 0.6 is 11.3 Å². The zero-order valence-electron chi connectivity index (χ0n) is 18.3. The van der Waals surface area contributed by atoms with Crippen molar-refractivity contribution >= 4 is 23.2 Å². The fourth-order valence-electron chi connectivity index (χ4n) is 5.00. The molecule has 1 aliphatic carbocycles. The highest BCUT2D eigenvalue weighted by Crippen LogP contribution is 2.31. The summed E-state index contributed by atoms with van der Waals surface area (Å²) in [5.41, 5.74) is 1.13. The second kappa shape index (κ2) is 10.4. The molecule has 2 aliphatic rings. The molecule has 1 aromatic heterocycles. The van der Waals surface area contributed by atoms with Crippen LogP contribution in [-0.4, -0.2) is 53.8 Å². The molecule has 0 radical (unpaired) electrons. The summed E-state index contributed by atoms with van der Waals surface area (Å²) >= 11 is 1.63. The van der Waals surface area contributed by atoms with Crippen molar-refractivity contribution in [2.75, 3.05) is 26.2 Å². The average molecular weight is 440 g/mol. The maximum atomic E-state index is 13.4. The minimum atomic E-state index is -0.0942. The zero-order valence-corrected chi connectivity index (χ0v) is 19.2. The highest BCUT2D eigenvalue weighted by molar-refractivity contribution is 7.10. The van der Waals surface area contributed by atoms with Gasteiger partial charge in [-0.3, -0.25) is 14.5 Å². The van der Waals surface area contributed by atoms with Gasteiger partial charge in [-0.2, -0.15) is 0 Å². The third kappa shape index (κ3) is 5.55. The summed E-state index contributed by atoms with van der Waals surface area (Å²) in [6, 6.07) is 14.1. The lowest BCUT2D eigenvalue weighted by molar-refractivity contribution is -0.135. The van der Waals surface area contributed by atoms with E-state index in [1.54, 1.807) is 11.3 Å². The summed E-state index contributed by atoms with van der Waals surface area (Å²) < 4.78 is 0. The topological polar surface area (TPSA) is 52.7 Å². The molecule has 1 aliphatic heterocycles. The average Bonchev–Trinajstić information content (AvgIpc) is 3.50. The normalized spacial score (nSPS) is 19.8. The molecule has 0 spiro atoms. The van der Waals surface area contributed by atoms with Crippen LogP contribution in [0.2, 0.25) is 0 Å².